The maximum Gasteiger partial charge on any atom is 0.180 e. The number of nitrogens with two attached hydrogens (primary N) is 1. The van der Waals surface area contributed by atoms with Crippen LogP contribution < -0.4 is 15.8 Å². The first-order valence-corrected chi connectivity index (χ1v) is 6.89. The molecular weight excluding hydrogens is 266 g/mol. The molecule has 0 radical (unpaired) electrons. The van der Waals surface area contributed by atoms with E-state index >= 15 is 0 Å². The Hall–Kier alpha value is -2.76. The number of imidazole rings is 1. The van der Waals surface area contributed by atoms with Crippen LogP contribution in [0, 0.1) is 0 Å². The van der Waals surface area contributed by atoms with Gasteiger partial charge in [-0.15, -0.1) is 0 Å². The normalized spacial score (nSPS) is 17.2. The van der Waals surface area contributed by atoms with Gasteiger partial charge in [0.05, 0.1) is 18.8 Å². The van der Waals surface area contributed by atoms with Crippen LogP contribution in [0.1, 0.15) is 18.0 Å². The van der Waals surface area contributed by atoms with Gasteiger partial charge in [-0.3, -0.25) is 0 Å². The lowest BCUT2D eigenvalue weighted by molar-refractivity contribution is 0.274. The van der Waals surface area contributed by atoms with E-state index in [1.807, 2.05) is 28.8 Å². The van der Waals surface area contributed by atoms with Crippen molar-refractivity contribution >= 4 is 17.3 Å². The summed E-state index contributed by atoms with van der Waals surface area (Å²) in [7, 11) is 0. The summed E-state index contributed by atoms with van der Waals surface area (Å²) in [4.78, 5) is 8.72. The van der Waals surface area contributed by atoms with Crippen molar-refractivity contribution in [1.82, 2.24) is 14.4 Å². The summed E-state index contributed by atoms with van der Waals surface area (Å²) in [6.07, 6.45) is 6.22. The molecule has 1 atom stereocenters. The largest absolute Gasteiger partial charge is 0.493 e. The number of hydrogen-bond donors (Lipinski definition) is 2. The zero-order valence-corrected chi connectivity index (χ0v) is 11.4. The SMILES string of the molecule is Nc1cn2ccnc2c(NC2CCOc3ccccc32)n1. The van der Waals surface area contributed by atoms with Crippen LogP contribution in [0.25, 0.3) is 5.65 Å². The Labute approximate surface area is 121 Å². The molecule has 1 aliphatic rings. The first kappa shape index (κ1) is 12.0. The standard InChI is InChI=1S/C15H15N5O/c16-13-9-20-7-6-17-15(20)14(19-13)18-11-5-8-21-12-4-2-1-3-10(11)12/h1-4,6-7,9,11H,5,8,16H2,(H,18,19). The van der Waals surface area contributed by atoms with E-state index in [2.05, 4.69) is 21.4 Å². The molecule has 0 bridgehead atoms. The molecule has 0 fully saturated rings. The summed E-state index contributed by atoms with van der Waals surface area (Å²) < 4.78 is 7.55. The van der Waals surface area contributed by atoms with Gasteiger partial charge in [-0.2, -0.15) is 0 Å². The molecule has 3 aromatic rings. The Morgan fingerprint density at radius 2 is 2.24 bits per heavy atom. The smallest absolute Gasteiger partial charge is 0.180 e. The van der Waals surface area contributed by atoms with E-state index < -0.39 is 0 Å². The third-order valence-corrected chi connectivity index (χ3v) is 3.66. The summed E-state index contributed by atoms with van der Waals surface area (Å²) in [5.74, 6) is 2.08. The molecule has 1 unspecified atom stereocenters. The molecule has 0 saturated heterocycles. The molecule has 6 nitrogen and oxygen atoms in total. The number of para-hydroxylation sites is 1. The molecule has 1 aliphatic heterocycles. The highest BCUT2D eigenvalue weighted by molar-refractivity contribution is 5.65. The van der Waals surface area contributed by atoms with E-state index in [9.17, 15) is 0 Å². The topological polar surface area (TPSA) is 77.5 Å². The van der Waals surface area contributed by atoms with E-state index in [1.54, 1.807) is 12.4 Å². The number of hydrogen-bond acceptors (Lipinski definition) is 5. The number of rotatable bonds is 2. The van der Waals surface area contributed by atoms with Crippen LogP contribution in [0.4, 0.5) is 11.6 Å². The van der Waals surface area contributed by atoms with E-state index in [4.69, 9.17) is 10.5 Å². The molecule has 3 heterocycles. The van der Waals surface area contributed by atoms with Gasteiger partial charge in [-0.25, -0.2) is 9.97 Å². The van der Waals surface area contributed by atoms with Crippen LogP contribution in [-0.4, -0.2) is 21.0 Å². The number of nitrogens with zero attached hydrogens (tertiary/aromatic N) is 3. The summed E-state index contributed by atoms with van der Waals surface area (Å²) in [6.45, 7) is 0.682. The van der Waals surface area contributed by atoms with E-state index in [0.717, 1.165) is 23.4 Å². The minimum absolute atomic E-state index is 0.143. The van der Waals surface area contributed by atoms with Crippen molar-refractivity contribution in [2.45, 2.75) is 12.5 Å². The number of benzene rings is 1. The predicted molar refractivity (Wildman–Crippen MR) is 80.3 cm³/mol. The number of nitrogen functional groups attached to an aromatic ring is 1. The second-order valence-corrected chi connectivity index (χ2v) is 5.04. The van der Waals surface area contributed by atoms with Gasteiger partial charge in [0.2, 0.25) is 0 Å². The highest BCUT2D eigenvalue weighted by Crippen LogP contribution is 2.34. The highest BCUT2D eigenvalue weighted by atomic mass is 16.5. The second-order valence-electron chi connectivity index (χ2n) is 5.04. The Balaban J connectivity index is 1.74. The molecule has 2 aromatic heterocycles. The van der Waals surface area contributed by atoms with E-state index in [0.29, 0.717) is 18.2 Å². The van der Waals surface area contributed by atoms with Crippen LogP contribution in [0.15, 0.2) is 42.9 Å². The van der Waals surface area contributed by atoms with Crippen molar-refractivity contribution in [2.75, 3.05) is 17.7 Å². The Morgan fingerprint density at radius 1 is 1.33 bits per heavy atom. The van der Waals surface area contributed by atoms with Gasteiger partial charge in [-0.1, -0.05) is 18.2 Å². The maximum atomic E-state index is 5.86. The minimum Gasteiger partial charge on any atom is -0.493 e. The average molecular weight is 281 g/mol. The summed E-state index contributed by atoms with van der Waals surface area (Å²) in [5, 5.41) is 3.45. The molecule has 6 heteroatoms. The lowest BCUT2D eigenvalue weighted by Gasteiger charge is -2.27. The van der Waals surface area contributed by atoms with Crippen LogP contribution in [-0.2, 0) is 0 Å². The van der Waals surface area contributed by atoms with Gasteiger partial charge in [0.15, 0.2) is 11.5 Å². The Morgan fingerprint density at radius 3 is 3.19 bits per heavy atom. The second kappa shape index (κ2) is 4.66. The lowest BCUT2D eigenvalue weighted by atomic mass is 10.0. The summed E-state index contributed by atoms with van der Waals surface area (Å²) in [5.41, 5.74) is 7.77. The molecule has 106 valence electrons. The zero-order valence-electron chi connectivity index (χ0n) is 11.4. The van der Waals surface area contributed by atoms with Gasteiger partial charge in [0.1, 0.15) is 11.6 Å². The van der Waals surface area contributed by atoms with Crippen molar-refractivity contribution in [2.24, 2.45) is 0 Å². The van der Waals surface area contributed by atoms with Gasteiger partial charge < -0.3 is 20.2 Å². The molecule has 21 heavy (non-hydrogen) atoms. The van der Waals surface area contributed by atoms with Crippen molar-refractivity contribution in [3.63, 3.8) is 0 Å². The minimum atomic E-state index is 0.143. The van der Waals surface area contributed by atoms with Crippen LogP contribution >= 0.6 is 0 Å². The van der Waals surface area contributed by atoms with E-state index in [-0.39, 0.29) is 6.04 Å². The van der Waals surface area contributed by atoms with E-state index in [1.165, 1.54) is 0 Å². The quantitative estimate of drug-likeness (QED) is 0.753. The molecule has 0 aliphatic carbocycles. The lowest BCUT2D eigenvalue weighted by Crippen LogP contribution is -2.21. The van der Waals surface area contributed by atoms with Gasteiger partial charge in [0, 0.05) is 24.4 Å². The van der Waals surface area contributed by atoms with Crippen LogP contribution in [0.3, 0.4) is 0 Å². The Kier molecular flexibility index (Phi) is 2.67. The molecule has 0 amide bonds. The van der Waals surface area contributed by atoms with Crippen LogP contribution in [0.5, 0.6) is 5.75 Å². The Bertz CT molecular complexity index is 798. The monoisotopic (exact) mass is 281 g/mol. The number of ether oxygens (including phenoxy) is 1. The predicted octanol–water partition coefficient (Wildman–Crippen LogP) is 2.25. The summed E-state index contributed by atoms with van der Waals surface area (Å²) >= 11 is 0. The molecule has 1 aromatic carbocycles. The zero-order chi connectivity index (χ0) is 14.2. The number of fused-ring (bicyclic) bond motifs is 2. The third-order valence-electron chi connectivity index (χ3n) is 3.66. The van der Waals surface area contributed by atoms with Crippen LogP contribution in [0.2, 0.25) is 0 Å². The first-order chi connectivity index (χ1) is 10.3. The highest BCUT2D eigenvalue weighted by Gasteiger charge is 2.22. The van der Waals surface area contributed by atoms with Gasteiger partial charge in [0.25, 0.3) is 0 Å². The molecular formula is C15H15N5O. The fraction of sp³-hybridized carbons (Fsp3) is 0.200. The van der Waals surface area contributed by atoms with Crippen molar-refractivity contribution in [1.29, 1.82) is 0 Å². The van der Waals surface area contributed by atoms with Crippen molar-refractivity contribution in [3.05, 3.63) is 48.4 Å². The van der Waals surface area contributed by atoms with Crippen molar-refractivity contribution < 1.29 is 4.74 Å². The fourth-order valence-electron chi connectivity index (χ4n) is 2.70. The first-order valence-electron chi connectivity index (χ1n) is 6.89. The number of anilines is 2. The third kappa shape index (κ3) is 2.05. The number of aromatic nitrogens is 3. The maximum absolute atomic E-state index is 5.86. The van der Waals surface area contributed by atoms with Gasteiger partial charge >= 0.3 is 0 Å². The fourth-order valence-corrected chi connectivity index (χ4v) is 2.70. The summed E-state index contributed by atoms with van der Waals surface area (Å²) in [6, 6.07) is 8.19. The average Bonchev–Trinajstić information content (AvgIpc) is 2.96. The molecule has 0 saturated carbocycles. The number of nitrogens with one attached hydrogen (secondary N) is 1. The molecule has 4 rings (SSSR count). The van der Waals surface area contributed by atoms with Crippen molar-refractivity contribution in [3.8, 4) is 5.75 Å². The van der Waals surface area contributed by atoms with Gasteiger partial charge in [-0.05, 0) is 6.07 Å². The molecule has 0 spiro atoms. The molecule has 3 N–H and O–H groups in total.